The summed E-state index contributed by atoms with van der Waals surface area (Å²) in [5.41, 5.74) is 2.07. The smallest absolute Gasteiger partial charge is 0.123 e. The maximum absolute atomic E-state index is 13.0. The van der Waals surface area contributed by atoms with Crippen LogP contribution >= 0.6 is 23.5 Å². The lowest BCUT2D eigenvalue weighted by Crippen LogP contribution is -2.25. The van der Waals surface area contributed by atoms with E-state index in [0.29, 0.717) is 5.41 Å². The second-order valence-corrected chi connectivity index (χ2v) is 9.69. The first-order chi connectivity index (χ1) is 12.3. The van der Waals surface area contributed by atoms with Crippen molar-refractivity contribution < 1.29 is 4.39 Å². The zero-order valence-electron chi connectivity index (χ0n) is 14.5. The molecule has 1 saturated carbocycles. The number of halogens is 1. The quantitative estimate of drug-likeness (QED) is 0.534. The van der Waals surface area contributed by atoms with Gasteiger partial charge in [-0.15, -0.1) is 23.5 Å². The van der Waals surface area contributed by atoms with Crippen LogP contribution in [-0.4, -0.2) is 11.5 Å². The third-order valence-corrected chi connectivity index (χ3v) is 8.13. The molecule has 2 aliphatic rings. The van der Waals surface area contributed by atoms with E-state index < -0.39 is 0 Å². The summed E-state index contributed by atoms with van der Waals surface area (Å²) in [6.07, 6.45) is 8.11. The summed E-state index contributed by atoms with van der Waals surface area (Å²) >= 11 is 3.94. The summed E-state index contributed by atoms with van der Waals surface area (Å²) in [6.45, 7) is 0. The number of benzene rings is 2. The molecule has 0 bridgehead atoms. The second kappa shape index (κ2) is 7.75. The SMILES string of the molecule is Fc1ccc(SCCC2CSc3ccccc3C3(CCCC3)C2)cc1. The van der Waals surface area contributed by atoms with E-state index in [-0.39, 0.29) is 5.82 Å². The maximum Gasteiger partial charge on any atom is 0.123 e. The molecule has 0 nitrogen and oxygen atoms in total. The van der Waals surface area contributed by atoms with E-state index in [4.69, 9.17) is 0 Å². The highest BCUT2D eigenvalue weighted by atomic mass is 32.2. The molecule has 1 aliphatic carbocycles. The van der Waals surface area contributed by atoms with Gasteiger partial charge in [0.1, 0.15) is 5.82 Å². The molecular formula is C22H25FS2. The molecule has 2 aromatic rings. The lowest BCUT2D eigenvalue weighted by Gasteiger charge is -2.32. The Labute approximate surface area is 159 Å². The van der Waals surface area contributed by atoms with Crippen LogP contribution in [0.25, 0.3) is 0 Å². The average molecular weight is 373 g/mol. The molecule has 1 spiro atoms. The van der Waals surface area contributed by atoms with Gasteiger partial charge < -0.3 is 0 Å². The fourth-order valence-electron chi connectivity index (χ4n) is 4.54. The topological polar surface area (TPSA) is 0 Å². The Kier molecular flexibility index (Phi) is 5.42. The van der Waals surface area contributed by atoms with Gasteiger partial charge in [0.2, 0.25) is 0 Å². The van der Waals surface area contributed by atoms with Gasteiger partial charge in [-0.3, -0.25) is 0 Å². The van der Waals surface area contributed by atoms with Gasteiger partial charge in [-0.25, -0.2) is 4.39 Å². The minimum absolute atomic E-state index is 0.148. The van der Waals surface area contributed by atoms with Crippen molar-refractivity contribution in [2.24, 2.45) is 5.92 Å². The van der Waals surface area contributed by atoms with Gasteiger partial charge in [-0.05, 0) is 78.7 Å². The van der Waals surface area contributed by atoms with Crippen molar-refractivity contribution in [1.29, 1.82) is 0 Å². The van der Waals surface area contributed by atoms with E-state index in [1.54, 1.807) is 17.7 Å². The second-order valence-electron chi connectivity index (χ2n) is 7.46. The Balaban J connectivity index is 1.43. The van der Waals surface area contributed by atoms with Crippen LogP contribution in [0.4, 0.5) is 4.39 Å². The van der Waals surface area contributed by atoms with Crippen molar-refractivity contribution in [3.05, 3.63) is 59.9 Å². The Morgan fingerprint density at radius 2 is 1.80 bits per heavy atom. The fourth-order valence-corrected chi connectivity index (χ4v) is 6.87. The van der Waals surface area contributed by atoms with Crippen LogP contribution in [-0.2, 0) is 5.41 Å². The predicted molar refractivity (Wildman–Crippen MR) is 107 cm³/mol. The average Bonchev–Trinajstić information content (AvgIpc) is 3.04. The Morgan fingerprint density at radius 3 is 2.60 bits per heavy atom. The number of fused-ring (bicyclic) bond motifs is 2. The maximum atomic E-state index is 13.0. The van der Waals surface area contributed by atoms with E-state index in [2.05, 4.69) is 36.0 Å². The minimum atomic E-state index is -0.148. The molecule has 0 aromatic heterocycles. The van der Waals surface area contributed by atoms with Crippen LogP contribution in [0.15, 0.2) is 58.3 Å². The van der Waals surface area contributed by atoms with Gasteiger partial charge >= 0.3 is 0 Å². The van der Waals surface area contributed by atoms with Crippen LogP contribution in [0.2, 0.25) is 0 Å². The third-order valence-electron chi connectivity index (χ3n) is 5.78. The Morgan fingerprint density at radius 1 is 1.04 bits per heavy atom. The molecule has 3 heteroatoms. The summed E-state index contributed by atoms with van der Waals surface area (Å²) < 4.78 is 13.0. The first kappa shape index (κ1) is 17.5. The summed E-state index contributed by atoms with van der Waals surface area (Å²) in [4.78, 5) is 2.71. The van der Waals surface area contributed by atoms with E-state index in [0.717, 1.165) is 11.7 Å². The Bertz CT molecular complexity index is 704. The van der Waals surface area contributed by atoms with E-state index in [1.165, 1.54) is 54.1 Å². The van der Waals surface area contributed by atoms with Crippen LogP contribution in [0.3, 0.4) is 0 Å². The van der Waals surface area contributed by atoms with Crippen molar-refractivity contribution in [1.82, 2.24) is 0 Å². The third kappa shape index (κ3) is 3.93. The lowest BCUT2D eigenvalue weighted by molar-refractivity contribution is 0.331. The van der Waals surface area contributed by atoms with Crippen LogP contribution in [0.1, 0.15) is 44.1 Å². The highest BCUT2D eigenvalue weighted by molar-refractivity contribution is 7.99. The van der Waals surface area contributed by atoms with E-state index in [9.17, 15) is 4.39 Å². The van der Waals surface area contributed by atoms with Crippen molar-refractivity contribution in [2.75, 3.05) is 11.5 Å². The minimum Gasteiger partial charge on any atom is -0.207 e. The van der Waals surface area contributed by atoms with E-state index >= 15 is 0 Å². The lowest BCUT2D eigenvalue weighted by atomic mass is 9.72. The molecule has 1 unspecified atom stereocenters. The molecule has 0 N–H and O–H groups in total. The molecule has 2 aromatic carbocycles. The molecule has 1 fully saturated rings. The standard InChI is InChI=1S/C22H25FS2/c23-18-7-9-19(10-8-18)24-14-11-17-15-22(12-3-4-13-22)20-5-1-2-6-21(20)25-16-17/h1-2,5-10,17H,3-4,11-16H2. The number of hydrogen-bond donors (Lipinski definition) is 0. The molecular weight excluding hydrogens is 347 g/mol. The zero-order chi connectivity index (χ0) is 17.1. The summed E-state index contributed by atoms with van der Waals surface area (Å²) in [5.74, 6) is 3.00. The predicted octanol–water partition coefficient (Wildman–Crippen LogP) is 6.93. The molecule has 1 atom stereocenters. The van der Waals surface area contributed by atoms with Gasteiger partial charge in [0.25, 0.3) is 0 Å². The molecule has 132 valence electrons. The molecule has 1 aliphatic heterocycles. The van der Waals surface area contributed by atoms with Gasteiger partial charge in [-0.2, -0.15) is 0 Å². The summed E-state index contributed by atoms with van der Waals surface area (Å²) in [7, 11) is 0. The summed E-state index contributed by atoms with van der Waals surface area (Å²) in [6, 6.07) is 16.1. The highest BCUT2D eigenvalue weighted by Gasteiger charge is 2.40. The van der Waals surface area contributed by atoms with Crippen molar-refractivity contribution >= 4 is 23.5 Å². The first-order valence-corrected chi connectivity index (χ1v) is 11.3. The van der Waals surface area contributed by atoms with Gasteiger partial charge in [0, 0.05) is 15.5 Å². The van der Waals surface area contributed by atoms with E-state index in [1.807, 2.05) is 23.9 Å². The van der Waals surface area contributed by atoms with Crippen molar-refractivity contribution in [3.8, 4) is 0 Å². The van der Waals surface area contributed by atoms with Crippen LogP contribution in [0.5, 0.6) is 0 Å². The van der Waals surface area contributed by atoms with Crippen LogP contribution < -0.4 is 0 Å². The number of rotatable bonds is 4. The highest BCUT2D eigenvalue weighted by Crippen LogP contribution is 2.51. The monoisotopic (exact) mass is 372 g/mol. The molecule has 0 saturated heterocycles. The van der Waals surface area contributed by atoms with Gasteiger partial charge in [0.05, 0.1) is 0 Å². The Hall–Kier alpha value is -0.930. The van der Waals surface area contributed by atoms with Gasteiger partial charge in [0.15, 0.2) is 0 Å². The number of thioether (sulfide) groups is 2. The molecule has 25 heavy (non-hydrogen) atoms. The zero-order valence-corrected chi connectivity index (χ0v) is 16.2. The van der Waals surface area contributed by atoms with Crippen LogP contribution in [0, 0.1) is 11.7 Å². The fraction of sp³-hybridized carbons (Fsp3) is 0.455. The molecule has 0 radical (unpaired) electrons. The first-order valence-electron chi connectivity index (χ1n) is 9.36. The van der Waals surface area contributed by atoms with Crippen molar-refractivity contribution in [3.63, 3.8) is 0 Å². The summed E-state index contributed by atoms with van der Waals surface area (Å²) in [5, 5.41) is 0. The normalized spacial score (nSPS) is 21.9. The van der Waals surface area contributed by atoms with Gasteiger partial charge in [-0.1, -0.05) is 31.0 Å². The molecule has 4 rings (SSSR count). The molecule has 1 heterocycles. The van der Waals surface area contributed by atoms with Crippen molar-refractivity contribution in [2.45, 2.75) is 53.7 Å². The molecule has 0 amide bonds. The number of hydrogen-bond acceptors (Lipinski definition) is 2. The largest absolute Gasteiger partial charge is 0.207 e.